The minimum atomic E-state index is -0.531. The van der Waals surface area contributed by atoms with E-state index in [1.807, 2.05) is 40.8 Å². The van der Waals surface area contributed by atoms with Gasteiger partial charge in [-0.25, -0.2) is 9.37 Å². The van der Waals surface area contributed by atoms with E-state index in [-0.39, 0.29) is 5.88 Å². The van der Waals surface area contributed by atoms with E-state index in [1.54, 1.807) is 19.6 Å². The molecule has 0 amide bonds. The lowest BCUT2D eigenvalue weighted by molar-refractivity contribution is 0.369. The molecule has 3 heterocycles. The number of aromatic nitrogens is 4. The first-order valence-electron chi connectivity index (χ1n) is 8.59. The molecule has 0 radical (unpaired) electrons. The van der Waals surface area contributed by atoms with Crippen molar-refractivity contribution in [3.63, 3.8) is 0 Å². The van der Waals surface area contributed by atoms with E-state index in [4.69, 9.17) is 9.47 Å². The van der Waals surface area contributed by atoms with Crippen LogP contribution in [0, 0.1) is 5.82 Å². The molecule has 4 rings (SSSR count). The van der Waals surface area contributed by atoms with Crippen LogP contribution in [0.3, 0.4) is 0 Å². The molecular formula is C20H18FN5O2. The van der Waals surface area contributed by atoms with E-state index in [9.17, 15) is 4.39 Å². The lowest BCUT2D eigenvalue weighted by atomic mass is 10.1. The highest BCUT2D eigenvalue weighted by Crippen LogP contribution is 2.28. The molecule has 0 unspecified atom stereocenters. The summed E-state index contributed by atoms with van der Waals surface area (Å²) >= 11 is 0. The number of halogens is 1. The third-order valence-electron chi connectivity index (χ3n) is 4.42. The predicted molar refractivity (Wildman–Crippen MR) is 103 cm³/mol. The molecule has 4 aromatic rings. The van der Waals surface area contributed by atoms with Gasteiger partial charge in [-0.3, -0.25) is 4.40 Å². The van der Waals surface area contributed by atoms with Gasteiger partial charge in [0.15, 0.2) is 11.5 Å². The normalized spacial score (nSPS) is 10.8. The van der Waals surface area contributed by atoms with Gasteiger partial charge in [-0.05, 0) is 24.3 Å². The van der Waals surface area contributed by atoms with E-state index in [1.165, 1.54) is 13.2 Å². The molecular weight excluding hydrogens is 361 g/mol. The average Bonchev–Trinajstić information content (AvgIpc) is 3.22. The van der Waals surface area contributed by atoms with Crippen LogP contribution >= 0.6 is 0 Å². The number of para-hydroxylation sites is 1. The summed E-state index contributed by atoms with van der Waals surface area (Å²) in [6.07, 6.45) is 3.16. The number of fused-ring (bicyclic) bond motifs is 1. The number of anilines is 1. The molecule has 1 N–H and O–H groups in total. The molecule has 3 aromatic heterocycles. The van der Waals surface area contributed by atoms with Crippen LogP contribution in [-0.2, 0) is 6.54 Å². The Morgan fingerprint density at radius 2 is 1.96 bits per heavy atom. The highest BCUT2D eigenvalue weighted by molar-refractivity contribution is 5.78. The Bertz CT molecular complexity index is 1130. The number of hydrogen-bond donors (Lipinski definition) is 1. The smallest absolute Gasteiger partial charge is 0.250 e. The number of pyridine rings is 2. The van der Waals surface area contributed by atoms with Crippen LogP contribution in [0.2, 0.25) is 0 Å². The van der Waals surface area contributed by atoms with Gasteiger partial charge in [0.05, 0.1) is 14.2 Å². The van der Waals surface area contributed by atoms with E-state index < -0.39 is 5.82 Å². The Morgan fingerprint density at radius 3 is 2.75 bits per heavy atom. The van der Waals surface area contributed by atoms with Crippen molar-refractivity contribution in [2.45, 2.75) is 6.54 Å². The SMILES string of the molecule is COc1ccccc1CNc1ccc(-c2cnc(OC)c(F)c2)c2nncn12. The van der Waals surface area contributed by atoms with Gasteiger partial charge in [-0.2, -0.15) is 0 Å². The van der Waals surface area contributed by atoms with Crippen molar-refractivity contribution in [2.75, 3.05) is 19.5 Å². The third kappa shape index (κ3) is 3.20. The summed E-state index contributed by atoms with van der Waals surface area (Å²) in [7, 11) is 3.03. The first-order valence-corrected chi connectivity index (χ1v) is 8.59. The Labute approximate surface area is 160 Å². The number of nitrogens with one attached hydrogen (secondary N) is 1. The molecule has 0 fully saturated rings. The molecule has 0 bridgehead atoms. The first-order chi connectivity index (χ1) is 13.7. The lowest BCUT2D eigenvalue weighted by Crippen LogP contribution is -2.05. The van der Waals surface area contributed by atoms with Crippen molar-refractivity contribution in [1.82, 2.24) is 19.6 Å². The number of methoxy groups -OCH3 is 2. The highest BCUT2D eigenvalue weighted by Gasteiger charge is 2.13. The minimum Gasteiger partial charge on any atom is -0.496 e. The highest BCUT2D eigenvalue weighted by atomic mass is 19.1. The fourth-order valence-electron chi connectivity index (χ4n) is 3.04. The fraction of sp³-hybridized carbons (Fsp3) is 0.150. The summed E-state index contributed by atoms with van der Waals surface area (Å²) < 4.78 is 26.1. The number of nitrogens with zero attached hydrogens (tertiary/aromatic N) is 4. The molecule has 28 heavy (non-hydrogen) atoms. The van der Waals surface area contributed by atoms with Crippen LogP contribution in [0.15, 0.2) is 55.0 Å². The summed E-state index contributed by atoms with van der Waals surface area (Å²) in [4.78, 5) is 4.00. The Morgan fingerprint density at radius 1 is 1.11 bits per heavy atom. The van der Waals surface area contributed by atoms with Crippen LogP contribution in [0.5, 0.6) is 11.6 Å². The van der Waals surface area contributed by atoms with Gasteiger partial charge in [0.25, 0.3) is 0 Å². The summed E-state index contributed by atoms with van der Waals surface area (Å²) in [6.45, 7) is 0.565. The maximum atomic E-state index is 14.1. The molecule has 0 saturated carbocycles. The summed E-state index contributed by atoms with van der Waals surface area (Å²) in [5, 5.41) is 11.6. The zero-order valence-electron chi connectivity index (χ0n) is 15.4. The van der Waals surface area contributed by atoms with Gasteiger partial charge in [0, 0.05) is 29.4 Å². The van der Waals surface area contributed by atoms with Gasteiger partial charge in [0.2, 0.25) is 5.88 Å². The predicted octanol–water partition coefficient (Wildman–Crippen LogP) is 3.56. The topological polar surface area (TPSA) is 73.6 Å². The van der Waals surface area contributed by atoms with Crippen LogP contribution in [0.1, 0.15) is 5.56 Å². The molecule has 0 aliphatic rings. The van der Waals surface area contributed by atoms with Crippen molar-refractivity contribution in [2.24, 2.45) is 0 Å². The molecule has 1 aromatic carbocycles. The Balaban J connectivity index is 1.67. The first kappa shape index (κ1) is 17.7. The Hall–Kier alpha value is -3.68. The van der Waals surface area contributed by atoms with Crippen LogP contribution in [0.25, 0.3) is 16.8 Å². The Kier molecular flexibility index (Phi) is 4.76. The minimum absolute atomic E-state index is 0.0451. The fourth-order valence-corrected chi connectivity index (χ4v) is 3.04. The second-order valence-corrected chi connectivity index (χ2v) is 6.04. The number of ether oxygens (including phenoxy) is 2. The van der Waals surface area contributed by atoms with Crippen molar-refractivity contribution in [3.05, 3.63) is 66.4 Å². The molecule has 0 aliphatic heterocycles. The standard InChI is InChI=1S/C20H18FN5O2/c1-27-17-6-4-3-5-13(17)10-22-18-8-7-15(19-25-24-12-26(18)19)14-9-16(21)20(28-2)23-11-14/h3-9,11-12,22H,10H2,1-2H3. The average molecular weight is 379 g/mol. The van der Waals surface area contributed by atoms with Crippen LogP contribution in [-0.4, -0.2) is 33.8 Å². The van der Waals surface area contributed by atoms with Crippen LogP contribution < -0.4 is 14.8 Å². The lowest BCUT2D eigenvalue weighted by Gasteiger charge is -2.13. The third-order valence-corrected chi connectivity index (χ3v) is 4.42. The quantitative estimate of drug-likeness (QED) is 0.552. The summed E-state index contributed by atoms with van der Waals surface area (Å²) in [6, 6.07) is 12.9. The number of benzene rings is 1. The van der Waals surface area contributed by atoms with Crippen molar-refractivity contribution in [1.29, 1.82) is 0 Å². The summed E-state index contributed by atoms with van der Waals surface area (Å²) in [5.74, 6) is 1.04. The molecule has 0 aliphatic carbocycles. The summed E-state index contributed by atoms with van der Waals surface area (Å²) in [5.41, 5.74) is 2.93. The van der Waals surface area contributed by atoms with Gasteiger partial charge in [-0.15, -0.1) is 10.2 Å². The zero-order chi connectivity index (χ0) is 19.5. The van der Waals surface area contributed by atoms with Gasteiger partial charge >= 0.3 is 0 Å². The van der Waals surface area contributed by atoms with Crippen molar-refractivity contribution < 1.29 is 13.9 Å². The second kappa shape index (κ2) is 7.51. The van der Waals surface area contributed by atoms with Gasteiger partial charge < -0.3 is 14.8 Å². The van der Waals surface area contributed by atoms with E-state index in [0.29, 0.717) is 17.8 Å². The van der Waals surface area contributed by atoms with Crippen molar-refractivity contribution in [3.8, 4) is 22.8 Å². The maximum Gasteiger partial charge on any atom is 0.250 e. The monoisotopic (exact) mass is 379 g/mol. The van der Waals surface area contributed by atoms with Crippen LogP contribution in [0.4, 0.5) is 10.2 Å². The van der Waals surface area contributed by atoms with Crippen molar-refractivity contribution >= 4 is 11.5 Å². The molecule has 0 atom stereocenters. The maximum absolute atomic E-state index is 14.1. The molecule has 0 spiro atoms. The van der Waals surface area contributed by atoms with Gasteiger partial charge in [0.1, 0.15) is 17.9 Å². The second-order valence-electron chi connectivity index (χ2n) is 6.04. The van der Waals surface area contributed by atoms with E-state index in [0.717, 1.165) is 22.7 Å². The van der Waals surface area contributed by atoms with Gasteiger partial charge in [-0.1, -0.05) is 18.2 Å². The van der Waals surface area contributed by atoms with E-state index in [2.05, 4.69) is 20.5 Å². The molecule has 142 valence electrons. The van der Waals surface area contributed by atoms with E-state index >= 15 is 0 Å². The largest absolute Gasteiger partial charge is 0.496 e. The molecule has 7 nitrogen and oxygen atoms in total. The number of rotatable bonds is 6. The molecule has 8 heteroatoms. The number of hydrogen-bond acceptors (Lipinski definition) is 6. The zero-order valence-corrected chi connectivity index (χ0v) is 15.4. The molecule has 0 saturated heterocycles.